The highest BCUT2D eigenvalue weighted by Gasteiger charge is 2.09. The summed E-state index contributed by atoms with van der Waals surface area (Å²) in [4.78, 5) is 18.9. The Bertz CT molecular complexity index is 517. The van der Waals surface area contributed by atoms with Crippen molar-refractivity contribution in [3.8, 4) is 0 Å². The number of rotatable bonds is 3. The Hall–Kier alpha value is -1.84. The number of hydrogen-bond donors (Lipinski definition) is 1. The van der Waals surface area contributed by atoms with Gasteiger partial charge in [-0.1, -0.05) is 12.1 Å². The molecular weight excluding hydrogens is 204 g/mol. The highest BCUT2D eigenvalue weighted by Crippen LogP contribution is 2.17. The first-order valence-corrected chi connectivity index (χ1v) is 5.30. The second kappa shape index (κ2) is 4.35. The molecule has 1 heterocycles. The molecular formula is C12H14N2O2. The lowest BCUT2D eigenvalue weighted by molar-refractivity contribution is -0.142. The number of aryl methyl sites for hydroxylation is 1. The molecule has 1 aromatic heterocycles. The number of para-hydroxylation sites is 1. The molecule has 84 valence electrons. The SMILES string of the molecule is CCOC(=O)Cc1cccc2[nH]c(C)nc12. The van der Waals surface area contributed by atoms with Crippen LogP contribution in [0.5, 0.6) is 0 Å². The molecule has 0 unspecified atom stereocenters. The van der Waals surface area contributed by atoms with Crippen LogP contribution in [0.15, 0.2) is 18.2 Å². The maximum Gasteiger partial charge on any atom is 0.310 e. The maximum absolute atomic E-state index is 11.4. The fourth-order valence-corrected chi connectivity index (χ4v) is 1.72. The van der Waals surface area contributed by atoms with Crippen molar-refractivity contribution in [2.45, 2.75) is 20.3 Å². The summed E-state index contributed by atoms with van der Waals surface area (Å²) in [7, 11) is 0. The molecule has 1 aromatic carbocycles. The summed E-state index contributed by atoms with van der Waals surface area (Å²) in [6.07, 6.45) is 0.273. The maximum atomic E-state index is 11.4. The number of ether oxygens (including phenoxy) is 1. The molecule has 0 aliphatic rings. The second-order valence-corrected chi connectivity index (χ2v) is 3.62. The van der Waals surface area contributed by atoms with Crippen molar-refractivity contribution in [2.24, 2.45) is 0 Å². The van der Waals surface area contributed by atoms with Crippen molar-refractivity contribution in [2.75, 3.05) is 6.61 Å². The molecule has 0 amide bonds. The van der Waals surface area contributed by atoms with E-state index in [0.717, 1.165) is 22.4 Å². The quantitative estimate of drug-likeness (QED) is 0.801. The predicted molar refractivity (Wildman–Crippen MR) is 61.2 cm³/mol. The van der Waals surface area contributed by atoms with Gasteiger partial charge in [0.05, 0.1) is 24.1 Å². The van der Waals surface area contributed by atoms with Crippen LogP contribution in [0, 0.1) is 6.92 Å². The number of nitrogens with zero attached hydrogens (tertiary/aromatic N) is 1. The minimum absolute atomic E-state index is 0.212. The van der Waals surface area contributed by atoms with Crippen molar-refractivity contribution in [3.05, 3.63) is 29.6 Å². The van der Waals surface area contributed by atoms with E-state index in [0.29, 0.717) is 6.61 Å². The minimum Gasteiger partial charge on any atom is -0.466 e. The summed E-state index contributed by atoms with van der Waals surface area (Å²) in [6, 6.07) is 5.76. The Morgan fingerprint density at radius 2 is 2.31 bits per heavy atom. The molecule has 1 N–H and O–H groups in total. The van der Waals surface area contributed by atoms with Crippen LogP contribution < -0.4 is 0 Å². The third-order valence-corrected chi connectivity index (χ3v) is 2.35. The summed E-state index contributed by atoms with van der Waals surface area (Å²) in [5, 5.41) is 0. The monoisotopic (exact) mass is 218 g/mol. The highest BCUT2D eigenvalue weighted by atomic mass is 16.5. The standard InChI is InChI=1S/C12H14N2O2/c1-3-16-11(15)7-9-5-4-6-10-12(9)14-8(2)13-10/h4-6H,3,7H2,1-2H3,(H,13,14). The summed E-state index contributed by atoms with van der Waals surface area (Å²) < 4.78 is 4.92. The van der Waals surface area contributed by atoms with E-state index in [9.17, 15) is 4.79 Å². The van der Waals surface area contributed by atoms with Crippen LogP contribution in [0.1, 0.15) is 18.3 Å². The Kier molecular flexibility index (Phi) is 2.90. The Morgan fingerprint density at radius 1 is 1.50 bits per heavy atom. The number of carbonyl (C=O) groups is 1. The van der Waals surface area contributed by atoms with Gasteiger partial charge in [0.2, 0.25) is 0 Å². The molecule has 0 spiro atoms. The average Bonchev–Trinajstić information content (AvgIpc) is 2.60. The van der Waals surface area contributed by atoms with Gasteiger partial charge in [0.15, 0.2) is 0 Å². The van der Waals surface area contributed by atoms with E-state index in [1.54, 1.807) is 6.92 Å². The zero-order valence-corrected chi connectivity index (χ0v) is 9.41. The van der Waals surface area contributed by atoms with E-state index in [1.165, 1.54) is 0 Å². The van der Waals surface area contributed by atoms with E-state index in [4.69, 9.17) is 4.74 Å². The third-order valence-electron chi connectivity index (χ3n) is 2.35. The summed E-state index contributed by atoms with van der Waals surface area (Å²) in [5.74, 6) is 0.641. The van der Waals surface area contributed by atoms with Gasteiger partial charge in [-0.2, -0.15) is 0 Å². The van der Waals surface area contributed by atoms with Crippen LogP contribution in [-0.4, -0.2) is 22.5 Å². The topological polar surface area (TPSA) is 55.0 Å². The van der Waals surface area contributed by atoms with Gasteiger partial charge in [0.25, 0.3) is 0 Å². The number of aromatic nitrogens is 2. The van der Waals surface area contributed by atoms with E-state index in [2.05, 4.69) is 9.97 Å². The lowest BCUT2D eigenvalue weighted by Crippen LogP contribution is -2.07. The molecule has 4 heteroatoms. The summed E-state index contributed by atoms with van der Waals surface area (Å²) >= 11 is 0. The number of aromatic amines is 1. The van der Waals surface area contributed by atoms with Crippen LogP contribution in [0.3, 0.4) is 0 Å². The minimum atomic E-state index is -0.212. The Labute approximate surface area is 93.6 Å². The molecule has 0 aliphatic carbocycles. The van der Waals surface area contributed by atoms with Gasteiger partial charge in [0, 0.05) is 0 Å². The molecule has 2 rings (SSSR count). The van der Waals surface area contributed by atoms with E-state index in [1.807, 2.05) is 25.1 Å². The molecule has 0 radical (unpaired) electrons. The summed E-state index contributed by atoms with van der Waals surface area (Å²) in [5.41, 5.74) is 2.72. The van der Waals surface area contributed by atoms with Gasteiger partial charge in [-0.05, 0) is 25.5 Å². The number of hydrogen-bond acceptors (Lipinski definition) is 3. The number of carbonyl (C=O) groups excluding carboxylic acids is 1. The molecule has 0 bridgehead atoms. The first-order chi connectivity index (χ1) is 7.70. The van der Waals surface area contributed by atoms with Crippen LogP contribution in [0.4, 0.5) is 0 Å². The Balaban J connectivity index is 2.33. The van der Waals surface area contributed by atoms with Crippen molar-refractivity contribution >= 4 is 17.0 Å². The van der Waals surface area contributed by atoms with Gasteiger partial charge >= 0.3 is 5.97 Å². The molecule has 0 atom stereocenters. The number of imidazole rings is 1. The van der Waals surface area contributed by atoms with Crippen molar-refractivity contribution in [3.63, 3.8) is 0 Å². The van der Waals surface area contributed by atoms with Crippen LogP contribution in [0.2, 0.25) is 0 Å². The number of benzene rings is 1. The fraction of sp³-hybridized carbons (Fsp3) is 0.333. The van der Waals surface area contributed by atoms with Crippen LogP contribution >= 0.6 is 0 Å². The molecule has 0 aliphatic heterocycles. The summed E-state index contributed by atoms with van der Waals surface area (Å²) in [6.45, 7) is 4.11. The number of fused-ring (bicyclic) bond motifs is 1. The largest absolute Gasteiger partial charge is 0.466 e. The van der Waals surface area contributed by atoms with Crippen molar-refractivity contribution < 1.29 is 9.53 Å². The van der Waals surface area contributed by atoms with Crippen LogP contribution in [0.25, 0.3) is 11.0 Å². The van der Waals surface area contributed by atoms with Gasteiger partial charge in [0.1, 0.15) is 5.82 Å². The highest BCUT2D eigenvalue weighted by molar-refractivity contribution is 5.84. The lowest BCUT2D eigenvalue weighted by atomic mass is 10.1. The zero-order valence-electron chi connectivity index (χ0n) is 9.41. The lowest BCUT2D eigenvalue weighted by Gasteiger charge is -2.02. The van der Waals surface area contributed by atoms with Crippen LogP contribution in [-0.2, 0) is 16.0 Å². The molecule has 0 saturated carbocycles. The molecule has 4 nitrogen and oxygen atoms in total. The van der Waals surface area contributed by atoms with Gasteiger partial charge < -0.3 is 9.72 Å². The molecule has 0 fully saturated rings. The van der Waals surface area contributed by atoms with Crippen molar-refractivity contribution in [1.82, 2.24) is 9.97 Å². The second-order valence-electron chi connectivity index (χ2n) is 3.62. The predicted octanol–water partition coefficient (Wildman–Crippen LogP) is 1.98. The zero-order chi connectivity index (χ0) is 11.5. The number of nitrogens with one attached hydrogen (secondary N) is 1. The van der Waals surface area contributed by atoms with Gasteiger partial charge in [-0.25, -0.2) is 4.98 Å². The first kappa shape index (κ1) is 10.7. The molecule has 16 heavy (non-hydrogen) atoms. The number of H-pyrrole nitrogens is 1. The molecule has 2 aromatic rings. The smallest absolute Gasteiger partial charge is 0.310 e. The van der Waals surface area contributed by atoms with Crippen molar-refractivity contribution in [1.29, 1.82) is 0 Å². The average molecular weight is 218 g/mol. The number of esters is 1. The van der Waals surface area contributed by atoms with E-state index in [-0.39, 0.29) is 12.4 Å². The van der Waals surface area contributed by atoms with Gasteiger partial charge in [-0.15, -0.1) is 0 Å². The van der Waals surface area contributed by atoms with E-state index < -0.39 is 0 Å². The van der Waals surface area contributed by atoms with Gasteiger partial charge in [-0.3, -0.25) is 4.79 Å². The third kappa shape index (κ3) is 2.05. The molecule has 0 saturated heterocycles. The normalized spacial score (nSPS) is 10.6. The first-order valence-electron chi connectivity index (χ1n) is 5.30. The fourth-order valence-electron chi connectivity index (χ4n) is 1.72. The van der Waals surface area contributed by atoms with E-state index >= 15 is 0 Å². The Morgan fingerprint density at radius 3 is 3.06 bits per heavy atom.